The maximum Gasteiger partial charge on any atom is 0.336 e. The number of carboxylic acids is 1. The number of aromatic carboxylic acids is 1. The highest BCUT2D eigenvalue weighted by Gasteiger charge is 2.26. The average Bonchev–Trinajstić information content (AvgIpc) is 3.33. The summed E-state index contributed by atoms with van der Waals surface area (Å²) < 4.78 is 4.06. The van der Waals surface area contributed by atoms with Crippen LogP contribution in [0.15, 0.2) is 43.0 Å². The molecule has 8 nitrogen and oxygen atoms in total. The van der Waals surface area contributed by atoms with Crippen molar-refractivity contribution in [2.24, 2.45) is 7.05 Å². The second-order valence-corrected chi connectivity index (χ2v) is 7.31. The molecule has 1 aliphatic heterocycles. The van der Waals surface area contributed by atoms with Crippen LogP contribution in [0, 0.1) is 0 Å². The molecule has 3 heterocycles. The van der Waals surface area contributed by atoms with Gasteiger partial charge in [-0.1, -0.05) is 18.2 Å². The smallest absolute Gasteiger partial charge is 0.336 e. The number of imidazole rings is 1. The van der Waals surface area contributed by atoms with Crippen LogP contribution in [0.2, 0.25) is 0 Å². The van der Waals surface area contributed by atoms with Gasteiger partial charge in [0.2, 0.25) is 0 Å². The summed E-state index contributed by atoms with van der Waals surface area (Å²) in [7, 11) is 2.01. The Morgan fingerprint density at radius 1 is 1.25 bits per heavy atom. The zero-order valence-electron chi connectivity index (χ0n) is 15.9. The lowest BCUT2D eigenvalue weighted by atomic mass is 9.96. The highest BCUT2D eigenvalue weighted by atomic mass is 16.4. The fraction of sp³-hybridized carbons (Fsp3) is 0.400. The van der Waals surface area contributed by atoms with Crippen LogP contribution in [0.1, 0.15) is 46.3 Å². The van der Waals surface area contributed by atoms with E-state index >= 15 is 0 Å². The third kappa shape index (κ3) is 3.82. The fourth-order valence-corrected chi connectivity index (χ4v) is 3.93. The van der Waals surface area contributed by atoms with Crippen LogP contribution in [0.25, 0.3) is 0 Å². The fourth-order valence-electron chi connectivity index (χ4n) is 3.93. The molecule has 0 unspecified atom stereocenters. The van der Waals surface area contributed by atoms with Crippen molar-refractivity contribution in [3.05, 3.63) is 65.8 Å². The van der Waals surface area contributed by atoms with Crippen LogP contribution in [0.3, 0.4) is 0 Å². The average molecular weight is 380 g/mol. The second-order valence-electron chi connectivity index (χ2n) is 7.31. The van der Waals surface area contributed by atoms with Gasteiger partial charge in [0.05, 0.1) is 18.4 Å². The quantitative estimate of drug-likeness (QED) is 0.705. The molecule has 0 radical (unpaired) electrons. The van der Waals surface area contributed by atoms with Gasteiger partial charge in [0.25, 0.3) is 0 Å². The number of likely N-dealkylation sites (tertiary alicyclic amines) is 1. The molecule has 0 spiro atoms. The van der Waals surface area contributed by atoms with E-state index in [1.54, 1.807) is 24.7 Å². The first-order chi connectivity index (χ1) is 13.6. The molecule has 1 saturated heterocycles. The third-order valence-corrected chi connectivity index (χ3v) is 5.39. The summed E-state index contributed by atoms with van der Waals surface area (Å²) in [5, 5.41) is 18.3. The Morgan fingerprint density at radius 3 is 2.89 bits per heavy atom. The summed E-state index contributed by atoms with van der Waals surface area (Å²) >= 11 is 0. The molecule has 1 fully saturated rings. The van der Waals surface area contributed by atoms with Gasteiger partial charge in [0.1, 0.15) is 5.82 Å². The summed E-state index contributed by atoms with van der Waals surface area (Å²) in [5.41, 5.74) is 1.24. The van der Waals surface area contributed by atoms with E-state index in [1.807, 2.05) is 29.9 Å². The molecular weight excluding hydrogens is 356 g/mol. The SMILES string of the molecule is Cn1c(Cn2ccnc2)nnc1[C@@H]1CCCN(Cc2ccccc2C(=O)O)C1. The minimum absolute atomic E-state index is 0.291. The lowest BCUT2D eigenvalue weighted by Gasteiger charge is -2.32. The summed E-state index contributed by atoms with van der Waals surface area (Å²) in [5.74, 6) is 1.31. The highest BCUT2D eigenvalue weighted by Crippen LogP contribution is 2.27. The normalized spacial score (nSPS) is 17.7. The standard InChI is InChI=1S/C20H24N6O2/c1-24-18(13-26-10-8-21-14-26)22-23-19(24)16-6-4-9-25(12-16)11-15-5-2-3-7-17(15)20(27)28/h2-3,5,7-8,10,14,16H,4,6,9,11-13H2,1H3,(H,27,28)/t16-/m1/s1. The Bertz CT molecular complexity index is 950. The minimum Gasteiger partial charge on any atom is -0.478 e. The number of hydrogen-bond acceptors (Lipinski definition) is 5. The number of hydrogen-bond donors (Lipinski definition) is 1. The van der Waals surface area contributed by atoms with E-state index < -0.39 is 5.97 Å². The van der Waals surface area contributed by atoms with Gasteiger partial charge in [-0.3, -0.25) is 4.90 Å². The van der Waals surface area contributed by atoms with Gasteiger partial charge in [-0.25, -0.2) is 9.78 Å². The van der Waals surface area contributed by atoms with E-state index in [4.69, 9.17) is 0 Å². The molecule has 4 rings (SSSR count). The van der Waals surface area contributed by atoms with E-state index in [-0.39, 0.29) is 0 Å². The molecule has 8 heteroatoms. The molecule has 1 N–H and O–H groups in total. The second kappa shape index (κ2) is 7.93. The van der Waals surface area contributed by atoms with Gasteiger partial charge in [-0.15, -0.1) is 10.2 Å². The van der Waals surface area contributed by atoms with E-state index in [0.717, 1.165) is 43.1 Å². The van der Waals surface area contributed by atoms with Crippen LogP contribution in [-0.2, 0) is 20.1 Å². The van der Waals surface area contributed by atoms with Crippen molar-refractivity contribution in [2.45, 2.75) is 31.8 Å². The summed E-state index contributed by atoms with van der Waals surface area (Å²) in [4.78, 5) is 17.9. The summed E-state index contributed by atoms with van der Waals surface area (Å²) in [6, 6.07) is 7.24. The van der Waals surface area contributed by atoms with Crippen molar-refractivity contribution in [2.75, 3.05) is 13.1 Å². The Balaban J connectivity index is 1.47. The molecule has 3 aromatic rings. The summed E-state index contributed by atoms with van der Waals surface area (Å²) in [6.07, 6.45) is 7.57. The first kappa shape index (κ1) is 18.4. The molecule has 0 amide bonds. The number of carboxylic acid groups (broad SMARTS) is 1. The van der Waals surface area contributed by atoms with E-state index in [1.165, 1.54) is 0 Å². The number of piperidine rings is 1. The zero-order valence-corrected chi connectivity index (χ0v) is 15.9. The van der Waals surface area contributed by atoms with Crippen LogP contribution in [-0.4, -0.2) is 53.4 Å². The van der Waals surface area contributed by atoms with Crippen molar-refractivity contribution in [3.8, 4) is 0 Å². The Morgan fingerprint density at radius 2 is 2.11 bits per heavy atom. The predicted octanol–water partition coefficient (Wildman–Crippen LogP) is 2.14. The van der Waals surface area contributed by atoms with Crippen LogP contribution >= 0.6 is 0 Å². The molecule has 0 saturated carbocycles. The lowest BCUT2D eigenvalue weighted by Crippen LogP contribution is -2.35. The summed E-state index contributed by atoms with van der Waals surface area (Å²) in [6.45, 7) is 3.10. The van der Waals surface area contributed by atoms with Gasteiger partial charge in [0, 0.05) is 38.4 Å². The van der Waals surface area contributed by atoms with Crippen LogP contribution in [0.4, 0.5) is 0 Å². The Labute approximate surface area is 163 Å². The van der Waals surface area contributed by atoms with Crippen LogP contribution in [0.5, 0.6) is 0 Å². The minimum atomic E-state index is -0.874. The molecule has 0 aliphatic carbocycles. The lowest BCUT2D eigenvalue weighted by molar-refractivity contribution is 0.0694. The molecule has 1 aliphatic rings. The molecular formula is C20H24N6O2. The third-order valence-electron chi connectivity index (χ3n) is 5.39. The van der Waals surface area contributed by atoms with Gasteiger partial charge in [-0.05, 0) is 31.0 Å². The number of benzene rings is 1. The van der Waals surface area contributed by atoms with E-state index in [0.29, 0.717) is 24.6 Å². The monoisotopic (exact) mass is 380 g/mol. The molecule has 0 bridgehead atoms. The maximum absolute atomic E-state index is 11.5. The molecule has 1 atom stereocenters. The topological polar surface area (TPSA) is 89.1 Å². The number of rotatable bonds is 6. The maximum atomic E-state index is 11.5. The van der Waals surface area contributed by atoms with Gasteiger partial charge >= 0.3 is 5.97 Å². The molecule has 1 aromatic carbocycles. The number of carbonyl (C=O) groups is 1. The first-order valence-corrected chi connectivity index (χ1v) is 9.49. The van der Waals surface area contributed by atoms with Crippen molar-refractivity contribution in [1.82, 2.24) is 29.2 Å². The molecule has 28 heavy (non-hydrogen) atoms. The molecule has 146 valence electrons. The largest absolute Gasteiger partial charge is 0.478 e. The van der Waals surface area contributed by atoms with Crippen molar-refractivity contribution < 1.29 is 9.90 Å². The van der Waals surface area contributed by atoms with Crippen LogP contribution < -0.4 is 0 Å². The first-order valence-electron chi connectivity index (χ1n) is 9.49. The number of nitrogens with zero attached hydrogens (tertiary/aromatic N) is 6. The Hall–Kier alpha value is -3.00. The van der Waals surface area contributed by atoms with Gasteiger partial charge in [-0.2, -0.15) is 0 Å². The Kier molecular flexibility index (Phi) is 5.21. The number of aromatic nitrogens is 5. The van der Waals surface area contributed by atoms with E-state index in [2.05, 4.69) is 24.6 Å². The molecule has 2 aromatic heterocycles. The van der Waals surface area contributed by atoms with Gasteiger partial charge < -0.3 is 14.2 Å². The van der Waals surface area contributed by atoms with Crippen molar-refractivity contribution in [1.29, 1.82) is 0 Å². The predicted molar refractivity (Wildman–Crippen MR) is 103 cm³/mol. The van der Waals surface area contributed by atoms with E-state index in [9.17, 15) is 9.90 Å². The highest BCUT2D eigenvalue weighted by molar-refractivity contribution is 5.89. The van der Waals surface area contributed by atoms with Crippen molar-refractivity contribution >= 4 is 5.97 Å². The van der Waals surface area contributed by atoms with Crippen molar-refractivity contribution in [3.63, 3.8) is 0 Å². The van der Waals surface area contributed by atoms with Gasteiger partial charge in [0.15, 0.2) is 5.82 Å². The zero-order chi connectivity index (χ0) is 19.5.